The van der Waals surface area contributed by atoms with Gasteiger partial charge in [0.2, 0.25) is 0 Å². The molecule has 3 nitrogen and oxygen atoms in total. The number of rotatable bonds is 4. The molecule has 1 aromatic rings. The van der Waals surface area contributed by atoms with Crippen molar-refractivity contribution in [3.05, 3.63) is 23.3 Å². The highest BCUT2D eigenvalue weighted by Gasteiger charge is 2.48. The third-order valence-electron chi connectivity index (χ3n) is 5.37. The number of nitrogens with one attached hydrogen (secondary N) is 1. The van der Waals surface area contributed by atoms with E-state index in [0.29, 0.717) is 11.3 Å². The Morgan fingerprint density at radius 3 is 2.80 bits per heavy atom. The Bertz CT molecular complexity index is 519. The second-order valence-corrected chi connectivity index (χ2v) is 7.74. The molecule has 0 radical (unpaired) electrons. The first-order valence-corrected chi connectivity index (χ1v) is 8.20. The van der Waals surface area contributed by atoms with Crippen LogP contribution in [0.2, 0.25) is 0 Å². The molecule has 2 saturated carbocycles. The van der Waals surface area contributed by atoms with Crippen molar-refractivity contribution >= 4 is 0 Å². The quantitative estimate of drug-likeness (QED) is 0.915. The maximum Gasteiger partial charge on any atom is 0.132 e. The Labute approximate surface area is 121 Å². The molecule has 0 saturated heterocycles. The molecule has 1 heterocycles. The first kappa shape index (κ1) is 12.8. The molecule has 2 unspecified atom stereocenters. The minimum Gasteiger partial charge on any atom is -0.314 e. The second-order valence-electron chi connectivity index (χ2n) is 7.74. The van der Waals surface area contributed by atoms with Gasteiger partial charge in [0.25, 0.3) is 0 Å². The molecular formula is C17H25N3. The van der Waals surface area contributed by atoms with Gasteiger partial charge in [-0.25, -0.2) is 9.97 Å². The summed E-state index contributed by atoms with van der Waals surface area (Å²) in [5, 5.41) is 3.67. The standard InChI is InChI=1S/C17H25N3/c1-17(2)8-14(17)16-19-10-12-7-11(3-6-15(12)20-16)9-18-13-4-5-13/h10-11,13-14,18H,3-9H2,1-2H3. The normalized spacial score (nSPS) is 30.9. The van der Waals surface area contributed by atoms with Gasteiger partial charge >= 0.3 is 0 Å². The molecule has 0 amide bonds. The molecule has 0 aliphatic heterocycles. The van der Waals surface area contributed by atoms with E-state index in [4.69, 9.17) is 4.98 Å². The van der Waals surface area contributed by atoms with Crippen LogP contribution in [0.25, 0.3) is 0 Å². The molecule has 3 aliphatic carbocycles. The van der Waals surface area contributed by atoms with Gasteiger partial charge in [0.1, 0.15) is 5.82 Å². The molecule has 2 atom stereocenters. The van der Waals surface area contributed by atoms with Crippen LogP contribution in [0.3, 0.4) is 0 Å². The van der Waals surface area contributed by atoms with Crippen molar-refractivity contribution in [3.63, 3.8) is 0 Å². The SMILES string of the molecule is CC1(C)CC1c1ncc2c(n1)CCC(CNC1CC1)C2. The minimum atomic E-state index is 0.430. The molecule has 1 N–H and O–H groups in total. The van der Waals surface area contributed by atoms with Crippen molar-refractivity contribution in [1.29, 1.82) is 0 Å². The van der Waals surface area contributed by atoms with Crippen molar-refractivity contribution in [2.24, 2.45) is 11.3 Å². The number of aryl methyl sites for hydroxylation is 1. The Kier molecular flexibility index (Phi) is 2.88. The van der Waals surface area contributed by atoms with Gasteiger partial charge in [-0.3, -0.25) is 0 Å². The van der Waals surface area contributed by atoms with Gasteiger partial charge in [0.15, 0.2) is 0 Å². The van der Waals surface area contributed by atoms with Gasteiger partial charge in [-0.05, 0) is 62.0 Å². The lowest BCUT2D eigenvalue weighted by atomic mass is 9.87. The van der Waals surface area contributed by atoms with Gasteiger partial charge in [-0.1, -0.05) is 13.8 Å². The van der Waals surface area contributed by atoms with Crippen LogP contribution in [0.15, 0.2) is 6.20 Å². The highest BCUT2D eigenvalue weighted by atomic mass is 15.0. The summed E-state index contributed by atoms with van der Waals surface area (Å²) in [6.45, 7) is 5.82. The molecule has 20 heavy (non-hydrogen) atoms. The zero-order chi connectivity index (χ0) is 13.7. The smallest absolute Gasteiger partial charge is 0.132 e. The number of aromatic nitrogens is 2. The summed E-state index contributed by atoms with van der Waals surface area (Å²) in [4.78, 5) is 9.54. The lowest BCUT2D eigenvalue weighted by Crippen LogP contribution is -2.29. The average molecular weight is 271 g/mol. The highest BCUT2D eigenvalue weighted by Crippen LogP contribution is 2.57. The first-order chi connectivity index (χ1) is 9.62. The number of hydrogen-bond donors (Lipinski definition) is 1. The van der Waals surface area contributed by atoms with Crippen molar-refractivity contribution in [2.75, 3.05) is 6.54 Å². The number of nitrogens with zero attached hydrogens (tertiary/aromatic N) is 2. The molecule has 0 bridgehead atoms. The second kappa shape index (κ2) is 4.52. The Hall–Kier alpha value is -0.960. The van der Waals surface area contributed by atoms with Gasteiger partial charge in [0.05, 0.1) is 0 Å². The zero-order valence-electron chi connectivity index (χ0n) is 12.7. The van der Waals surface area contributed by atoms with Crippen LogP contribution in [-0.4, -0.2) is 22.6 Å². The van der Waals surface area contributed by atoms with Crippen molar-refractivity contribution in [2.45, 2.75) is 64.3 Å². The van der Waals surface area contributed by atoms with E-state index in [1.54, 1.807) is 0 Å². The lowest BCUT2D eigenvalue weighted by molar-refractivity contribution is 0.417. The minimum absolute atomic E-state index is 0.430. The van der Waals surface area contributed by atoms with Gasteiger partial charge in [-0.2, -0.15) is 0 Å². The van der Waals surface area contributed by atoms with E-state index in [2.05, 4.69) is 30.3 Å². The third kappa shape index (κ3) is 2.48. The maximum absolute atomic E-state index is 4.88. The molecule has 0 aromatic carbocycles. The monoisotopic (exact) mass is 271 g/mol. The summed E-state index contributed by atoms with van der Waals surface area (Å²) in [6.07, 6.45) is 9.74. The fourth-order valence-electron chi connectivity index (χ4n) is 3.47. The summed E-state index contributed by atoms with van der Waals surface area (Å²) in [5.74, 6) is 2.49. The maximum atomic E-state index is 4.88. The van der Waals surface area contributed by atoms with Gasteiger partial charge in [-0.15, -0.1) is 0 Å². The molecule has 3 aliphatic rings. The molecule has 3 heteroatoms. The van der Waals surface area contributed by atoms with Crippen LogP contribution in [0, 0.1) is 11.3 Å². The van der Waals surface area contributed by atoms with E-state index in [-0.39, 0.29) is 0 Å². The first-order valence-electron chi connectivity index (χ1n) is 8.20. The fraction of sp³-hybridized carbons (Fsp3) is 0.765. The molecule has 4 rings (SSSR count). The predicted octanol–water partition coefficient (Wildman–Crippen LogP) is 2.85. The molecule has 0 spiro atoms. The Morgan fingerprint density at radius 1 is 1.30 bits per heavy atom. The number of hydrogen-bond acceptors (Lipinski definition) is 3. The summed E-state index contributed by atoms with van der Waals surface area (Å²) < 4.78 is 0. The van der Waals surface area contributed by atoms with Gasteiger partial charge in [0, 0.05) is 23.9 Å². The van der Waals surface area contributed by atoms with E-state index >= 15 is 0 Å². The van der Waals surface area contributed by atoms with E-state index in [1.807, 2.05) is 0 Å². The van der Waals surface area contributed by atoms with Crippen LogP contribution >= 0.6 is 0 Å². The van der Waals surface area contributed by atoms with Crippen LogP contribution < -0.4 is 5.32 Å². The Morgan fingerprint density at radius 2 is 2.10 bits per heavy atom. The van der Waals surface area contributed by atoms with E-state index in [1.165, 1.54) is 49.9 Å². The van der Waals surface area contributed by atoms with Crippen LogP contribution in [-0.2, 0) is 12.8 Å². The van der Waals surface area contributed by atoms with Crippen molar-refractivity contribution < 1.29 is 0 Å². The summed E-state index contributed by atoms with van der Waals surface area (Å²) in [5.41, 5.74) is 3.17. The van der Waals surface area contributed by atoms with E-state index in [9.17, 15) is 0 Å². The zero-order valence-corrected chi connectivity index (χ0v) is 12.7. The topological polar surface area (TPSA) is 37.8 Å². The Balaban J connectivity index is 1.43. The third-order valence-corrected chi connectivity index (χ3v) is 5.37. The largest absolute Gasteiger partial charge is 0.314 e. The summed E-state index contributed by atoms with van der Waals surface area (Å²) in [7, 11) is 0. The van der Waals surface area contributed by atoms with E-state index in [0.717, 1.165) is 24.2 Å². The molecule has 108 valence electrons. The lowest BCUT2D eigenvalue weighted by Gasteiger charge is -2.24. The van der Waals surface area contributed by atoms with Crippen molar-refractivity contribution in [3.8, 4) is 0 Å². The van der Waals surface area contributed by atoms with Crippen LogP contribution in [0.4, 0.5) is 0 Å². The van der Waals surface area contributed by atoms with Crippen LogP contribution in [0.5, 0.6) is 0 Å². The van der Waals surface area contributed by atoms with Gasteiger partial charge < -0.3 is 5.32 Å². The molecule has 2 fully saturated rings. The van der Waals surface area contributed by atoms with E-state index < -0.39 is 0 Å². The highest BCUT2D eigenvalue weighted by molar-refractivity contribution is 5.25. The average Bonchev–Trinajstić information content (AvgIpc) is 3.34. The molecule has 1 aromatic heterocycles. The molecular weight excluding hydrogens is 246 g/mol. The summed E-state index contributed by atoms with van der Waals surface area (Å²) >= 11 is 0. The van der Waals surface area contributed by atoms with Crippen molar-refractivity contribution in [1.82, 2.24) is 15.3 Å². The predicted molar refractivity (Wildman–Crippen MR) is 79.7 cm³/mol. The fourth-order valence-corrected chi connectivity index (χ4v) is 3.47. The van der Waals surface area contributed by atoms with Crippen LogP contribution in [0.1, 0.15) is 62.5 Å². The number of fused-ring (bicyclic) bond motifs is 1. The summed E-state index contributed by atoms with van der Waals surface area (Å²) in [6, 6.07) is 0.826.